The summed E-state index contributed by atoms with van der Waals surface area (Å²) in [5, 5.41) is 7.44. The van der Waals surface area contributed by atoms with Crippen molar-refractivity contribution in [3.8, 4) is 11.5 Å². The summed E-state index contributed by atoms with van der Waals surface area (Å²) >= 11 is 5.48. The molecule has 0 unspecified atom stereocenters. The van der Waals surface area contributed by atoms with Crippen LogP contribution in [0.2, 0.25) is 0 Å². The number of thiocarbonyl (C=S) groups is 1. The fraction of sp³-hybridized carbons (Fsp3) is 0.316. The molecule has 1 aliphatic carbocycles. The minimum absolute atomic E-state index is 0.298. The zero-order valence-corrected chi connectivity index (χ0v) is 14.2. The van der Waals surface area contributed by atoms with Gasteiger partial charge in [0.05, 0.1) is 6.04 Å². The number of ether oxygens (including phenoxy) is 2. The minimum atomic E-state index is 0.298. The van der Waals surface area contributed by atoms with Crippen molar-refractivity contribution < 1.29 is 9.47 Å². The Balaban J connectivity index is 1.36. The van der Waals surface area contributed by atoms with Crippen molar-refractivity contribution in [2.45, 2.75) is 31.8 Å². The van der Waals surface area contributed by atoms with Crippen LogP contribution in [0.4, 0.5) is 0 Å². The minimum Gasteiger partial charge on any atom is -0.454 e. The van der Waals surface area contributed by atoms with Crippen LogP contribution in [-0.4, -0.2) is 11.9 Å². The number of fused-ring (bicyclic) bond motifs is 2. The number of rotatable bonds is 3. The van der Waals surface area contributed by atoms with Crippen LogP contribution in [-0.2, 0) is 13.0 Å². The lowest BCUT2D eigenvalue weighted by atomic mass is 9.88. The van der Waals surface area contributed by atoms with Gasteiger partial charge in [-0.1, -0.05) is 30.3 Å². The molecule has 2 aliphatic rings. The number of aryl methyl sites for hydroxylation is 1. The van der Waals surface area contributed by atoms with E-state index in [0.717, 1.165) is 29.9 Å². The van der Waals surface area contributed by atoms with Gasteiger partial charge < -0.3 is 20.1 Å². The van der Waals surface area contributed by atoms with Gasteiger partial charge >= 0.3 is 0 Å². The number of nitrogens with one attached hydrogen (secondary N) is 2. The third-order valence-electron chi connectivity index (χ3n) is 4.56. The Bertz CT molecular complexity index is 763. The monoisotopic (exact) mass is 340 g/mol. The van der Waals surface area contributed by atoms with Crippen LogP contribution in [0.25, 0.3) is 0 Å². The molecule has 4 nitrogen and oxygen atoms in total. The lowest BCUT2D eigenvalue weighted by molar-refractivity contribution is 0.174. The summed E-state index contributed by atoms with van der Waals surface area (Å²) in [6.07, 6.45) is 3.47. The smallest absolute Gasteiger partial charge is 0.231 e. The predicted octanol–water partition coefficient (Wildman–Crippen LogP) is 3.46. The maximum Gasteiger partial charge on any atom is 0.231 e. The molecule has 2 aromatic carbocycles. The molecule has 0 bridgehead atoms. The van der Waals surface area contributed by atoms with Gasteiger partial charge in [-0.05, 0) is 60.3 Å². The van der Waals surface area contributed by atoms with Gasteiger partial charge in [0.1, 0.15) is 0 Å². The Hall–Kier alpha value is -2.27. The van der Waals surface area contributed by atoms with Crippen molar-refractivity contribution in [2.75, 3.05) is 6.79 Å². The predicted molar refractivity (Wildman–Crippen MR) is 97.3 cm³/mol. The van der Waals surface area contributed by atoms with Gasteiger partial charge in [0.2, 0.25) is 6.79 Å². The molecule has 4 rings (SSSR count). The van der Waals surface area contributed by atoms with Crippen molar-refractivity contribution in [1.29, 1.82) is 0 Å². The van der Waals surface area contributed by atoms with E-state index in [1.807, 2.05) is 18.2 Å². The van der Waals surface area contributed by atoms with Crippen molar-refractivity contribution >= 4 is 17.3 Å². The summed E-state index contributed by atoms with van der Waals surface area (Å²) in [5.41, 5.74) is 3.92. The third-order valence-corrected chi connectivity index (χ3v) is 4.83. The SMILES string of the molecule is S=C(NCc1ccc2c(c1)OCO2)N[C@H]1CCCc2ccccc21. The summed E-state index contributed by atoms with van der Waals surface area (Å²) in [4.78, 5) is 0. The first-order valence-corrected chi connectivity index (χ1v) is 8.71. The van der Waals surface area contributed by atoms with Gasteiger partial charge in [-0.15, -0.1) is 0 Å². The second-order valence-corrected chi connectivity index (χ2v) is 6.57. The summed E-state index contributed by atoms with van der Waals surface area (Å²) in [5.74, 6) is 1.60. The third kappa shape index (κ3) is 3.17. The largest absolute Gasteiger partial charge is 0.454 e. The van der Waals surface area contributed by atoms with E-state index in [-0.39, 0.29) is 0 Å². The fourth-order valence-corrected chi connectivity index (χ4v) is 3.56. The van der Waals surface area contributed by atoms with Crippen LogP contribution < -0.4 is 20.1 Å². The van der Waals surface area contributed by atoms with E-state index in [1.54, 1.807) is 0 Å². The molecule has 0 saturated carbocycles. The molecule has 0 fully saturated rings. The van der Waals surface area contributed by atoms with E-state index >= 15 is 0 Å². The normalized spacial score (nSPS) is 17.9. The van der Waals surface area contributed by atoms with E-state index in [1.165, 1.54) is 17.5 Å². The Morgan fingerprint density at radius 2 is 2.00 bits per heavy atom. The van der Waals surface area contributed by atoms with Gasteiger partial charge in [0.15, 0.2) is 16.6 Å². The molecular weight excluding hydrogens is 320 g/mol. The second kappa shape index (κ2) is 6.69. The maximum absolute atomic E-state index is 5.48. The van der Waals surface area contributed by atoms with E-state index in [4.69, 9.17) is 21.7 Å². The first-order valence-electron chi connectivity index (χ1n) is 8.30. The fourth-order valence-electron chi connectivity index (χ4n) is 3.35. The molecule has 124 valence electrons. The topological polar surface area (TPSA) is 42.5 Å². The Morgan fingerprint density at radius 1 is 1.12 bits per heavy atom. The highest BCUT2D eigenvalue weighted by molar-refractivity contribution is 7.80. The summed E-state index contributed by atoms with van der Waals surface area (Å²) in [7, 11) is 0. The van der Waals surface area contributed by atoms with Crippen LogP contribution in [0, 0.1) is 0 Å². The quantitative estimate of drug-likeness (QED) is 0.838. The van der Waals surface area contributed by atoms with Gasteiger partial charge in [0.25, 0.3) is 0 Å². The molecule has 2 aromatic rings. The zero-order chi connectivity index (χ0) is 16.4. The Labute approximate surface area is 147 Å². The number of hydrogen-bond donors (Lipinski definition) is 2. The summed E-state index contributed by atoms with van der Waals surface area (Å²) < 4.78 is 10.7. The molecule has 1 atom stereocenters. The zero-order valence-electron chi connectivity index (χ0n) is 13.4. The molecule has 0 spiro atoms. The average Bonchev–Trinajstić information content (AvgIpc) is 3.08. The number of benzene rings is 2. The van der Waals surface area contributed by atoms with Crippen LogP contribution in [0.5, 0.6) is 11.5 Å². The average molecular weight is 340 g/mol. The maximum atomic E-state index is 5.48. The highest BCUT2D eigenvalue weighted by Gasteiger charge is 2.20. The highest BCUT2D eigenvalue weighted by atomic mass is 32.1. The van der Waals surface area contributed by atoms with Gasteiger partial charge in [-0.3, -0.25) is 0 Å². The molecule has 0 amide bonds. The molecule has 1 heterocycles. The van der Waals surface area contributed by atoms with Gasteiger partial charge in [0, 0.05) is 6.54 Å². The van der Waals surface area contributed by atoms with E-state index < -0.39 is 0 Å². The van der Waals surface area contributed by atoms with Crippen LogP contribution in [0.3, 0.4) is 0 Å². The second-order valence-electron chi connectivity index (χ2n) is 6.16. The van der Waals surface area contributed by atoms with Crippen molar-refractivity contribution in [3.05, 3.63) is 59.2 Å². The van der Waals surface area contributed by atoms with Crippen LogP contribution in [0.15, 0.2) is 42.5 Å². The molecule has 2 N–H and O–H groups in total. The van der Waals surface area contributed by atoms with Crippen molar-refractivity contribution in [1.82, 2.24) is 10.6 Å². The van der Waals surface area contributed by atoms with Crippen molar-refractivity contribution in [2.24, 2.45) is 0 Å². The van der Waals surface area contributed by atoms with E-state index in [0.29, 0.717) is 24.5 Å². The molecule has 5 heteroatoms. The van der Waals surface area contributed by atoms with Crippen molar-refractivity contribution in [3.63, 3.8) is 0 Å². The Kier molecular flexibility index (Phi) is 4.26. The lowest BCUT2D eigenvalue weighted by Gasteiger charge is -2.27. The first-order chi connectivity index (χ1) is 11.8. The standard InChI is InChI=1S/C19H20N2O2S/c24-19(20-11-13-8-9-17-18(10-13)23-12-22-17)21-16-7-3-5-14-4-1-2-6-15(14)16/h1-2,4,6,8-10,16H,3,5,7,11-12H2,(H2,20,21,24)/t16-/m0/s1. The lowest BCUT2D eigenvalue weighted by Crippen LogP contribution is -2.38. The van der Waals surface area contributed by atoms with Crippen LogP contribution in [0.1, 0.15) is 35.6 Å². The molecule has 0 radical (unpaired) electrons. The van der Waals surface area contributed by atoms with Gasteiger partial charge in [-0.2, -0.15) is 0 Å². The summed E-state index contributed by atoms with van der Waals surface area (Å²) in [6, 6.07) is 14.9. The molecule has 1 aliphatic heterocycles. The first kappa shape index (κ1) is 15.3. The highest BCUT2D eigenvalue weighted by Crippen LogP contribution is 2.32. The van der Waals surface area contributed by atoms with E-state index in [9.17, 15) is 0 Å². The Morgan fingerprint density at radius 3 is 2.96 bits per heavy atom. The molecule has 0 saturated heterocycles. The molecular formula is C19H20N2O2S. The van der Waals surface area contributed by atoms with Gasteiger partial charge in [-0.25, -0.2) is 0 Å². The molecule has 24 heavy (non-hydrogen) atoms. The van der Waals surface area contributed by atoms with E-state index in [2.05, 4.69) is 34.9 Å². The van der Waals surface area contributed by atoms with Crippen LogP contribution >= 0.6 is 12.2 Å². The molecule has 0 aromatic heterocycles. The number of hydrogen-bond acceptors (Lipinski definition) is 3. The summed E-state index contributed by atoms with van der Waals surface area (Å²) in [6.45, 7) is 0.962.